The third kappa shape index (κ3) is 3.49. The van der Waals surface area contributed by atoms with E-state index in [1.165, 1.54) is 6.26 Å². The van der Waals surface area contributed by atoms with Crippen LogP contribution in [-0.4, -0.2) is 24.5 Å². The van der Waals surface area contributed by atoms with Gasteiger partial charge in [-0.2, -0.15) is 0 Å². The molecular formula is C22H20N2O4. The third-order valence-electron chi connectivity index (χ3n) is 4.71. The second-order valence-electron chi connectivity index (χ2n) is 6.58. The Morgan fingerprint density at radius 1 is 1.07 bits per heavy atom. The van der Waals surface area contributed by atoms with Crippen LogP contribution in [0.5, 0.6) is 5.75 Å². The van der Waals surface area contributed by atoms with Crippen LogP contribution in [0.4, 0.5) is 5.69 Å². The van der Waals surface area contributed by atoms with Crippen LogP contribution in [0, 0.1) is 6.92 Å². The van der Waals surface area contributed by atoms with Gasteiger partial charge in [-0.05, 0) is 30.7 Å². The molecule has 28 heavy (non-hydrogen) atoms. The summed E-state index contributed by atoms with van der Waals surface area (Å²) in [7, 11) is 0. The second kappa shape index (κ2) is 7.60. The summed E-state index contributed by atoms with van der Waals surface area (Å²) in [4.78, 5) is 27.4. The molecule has 2 heterocycles. The van der Waals surface area contributed by atoms with Crippen LogP contribution >= 0.6 is 0 Å². The number of carbonyl (C=O) groups excluding carboxylic acids is 2. The van der Waals surface area contributed by atoms with Gasteiger partial charge in [0.1, 0.15) is 11.5 Å². The zero-order chi connectivity index (χ0) is 19.5. The van der Waals surface area contributed by atoms with Crippen LogP contribution < -0.4 is 15.0 Å². The zero-order valence-electron chi connectivity index (χ0n) is 15.4. The first-order valence-electron chi connectivity index (χ1n) is 9.07. The fourth-order valence-electron chi connectivity index (χ4n) is 3.21. The number of furan rings is 1. The highest BCUT2D eigenvalue weighted by atomic mass is 16.5. The minimum absolute atomic E-state index is 0.126. The third-order valence-corrected chi connectivity index (χ3v) is 4.71. The first kappa shape index (κ1) is 17.9. The molecule has 1 aliphatic rings. The first-order valence-corrected chi connectivity index (χ1v) is 9.07. The van der Waals surface area contributed by atoms with Crippen molar-refractivity contribution in [3.05, 3.63) is 83.8 Å². The summed E-state index contributed by atoms with van der Waals surface area (Å²) in [6, 6.07) is 18.5. The Labute approximate surface area is 162 Å². The van der Waals surface area contributed by atoms with Gasteiger partial charge in [0.2, 0.25) is 0 Å². The Morgan fingerprint density at radius 3 is 2.57 bits per heavy atom. The number of ether oxygens (including phenoxy) is 1. The summed E-state index contributed by atoms with van der Waals surface area (Å²) in [6.45, 7) is 2.26. The van der Waals surface area contributed by atoms with Gasteiger partial charge in [0.05, 0.1) is 24.1 Å². The van der Waals surface area contributed by atoms with Gasteiger partial charge in [0, 0.05) is 6.54 Å². The average molecular weight is 376 g/mol. The summed E-state index contributed by atoms with van der Waals surface area (Å²) < 4.78 is 11.1. The number of nitrogens with zero attached hydrogens (tertiary/aromatic N) is 1. The predicted molar refractivity (Wildman–Crippen MR) is 104 cm³/mol. The van der Waals surface area contributed by atoms with E-state index in [0.29, 0.717) is 29.3 Å². The number of nitrogens with one attached hydrogen (secondary N) is 1. The van der Waals surface area contributed by atoms with Gasteiger partial charge in [-0.15, -0.1) is 0 Å². The Bertz CT molecular complexity index is 997. The number of hydrogen-bond donors (Lipinski definition) is 1. The van der Waals surface area contributed by atoms with Gasteiger partial charge in [-0.3, -0.25) is 9.59 Å². The van der Waals surface area contributed by atoms with E-state index in [-0.39, 0.29) is 18.4 Å². The molecule has 0 aliphatic carbocycles. The predicted octanol–water partition coefficient (Wildman–Crippen LogP) is 3.31. The molecule has 4 rings (SSSR count). The largest absolute Gasteiger partial charge is 0.477 e. The van der Waals surface area contributed by atoms with Crippen molar-refractivity contribution in [2.24, 2.45) is 0 Å². The molecule has 3 aromatic rings. The average Bonchev–Trinajstić information content (AvgIpc) is 3.17. The molecule has 0 saturated heterocycles. The standard InChI is InChI=1S/C22H20N2O4/c1-15-17(11-12-27-15)22(26)24-14-20(28-19-10-6-5-9-18(19)24)21(25)23-13-16-7-3-2-4-8-16/h2-12,20H,13-14H2,1H3,(H,23,25). The van der Waals surface area contributed by atoms with E-state index in [2.05, 4.69) is 5.32 Å². The molecule has 1 N–H and O–H groups in total. The fourth-order valence-corrected chi connectivity index (χ4v) is 3.21. The van der Waals surface area contributed by atoms with Crippen molar-refractivity contribution in [2.45, 2.75) is 19.6 Å². The number of carbonyl (C=O) groups is 2. The zero-order valence-corrected chi connectivity index (χ0v) is 15.4. The molecule has 1 atom stereocenters. The minimum Gasteiger partial charge on any atom is -0.477 e. The van der Waals surface area contributed by atoms with E-state index in [1.807, 2.05) is 42.5 Å². The smallest absolute Gasteiger partial charge is 0.263 e. The van der Waals surface area contributed by atoms with Crippen molar-refractivity contribution >= 4 is 17.5 Å². The van der Waals surface area contributed by atoms with Crippen LogP contribution in [0.15, 0.2) is 71.3 Å². The number of fused-ring (bicyclic) bond motifs is 1. The molecule has 0 spiro atoms. The molecule has 6 nitrogen and oxygen atoms in total. The summed E-state index contributed by atoms with van der Waals surface area (Å²) in [5.41, 5.74) is 2.11. The van der Waals surface area contributed by atoms with Gasteiger partial charge in [-0.25, -0.2) is 0 Å². The summed E-state index contributed by atoms with van der Waals surface area (Å²) in [5.74, 6) is 0.560. The van der Waals surface area contributed by atoms with Crippen LogP contribution in [0.25, 0.3) is 0 Å². The Morgan fingerprint density at radius 2 is 1.82 bits per heavy atom. The first-order chi connectivity index (χ1) is 13.6. The number of amides is 2. The monoisotopic (exact) mass is 376 g/mol. The van der Waals surface area contributed by atoms with E-state index in [9.17, 15) is 9.59 Å². The van der Waals surface area contributed by atoms with Gasteiger partial charge >= 0.3 is 0 Å². The fraction of sp³-hybridized carbons (Fsp3) is 0.182. The lowest BCUT2D eigenvalue weighted by atomic mass is 10.1. The molecule has 1 aliphatic heterocycles. The van der Waals surface area contributed by atoms with E-state index < -0.39 is 6.10 Å². The van der Waals surface area contributed by atoms with Crippen LogP contribution in [0.2, 0.25) is 0 Å². The molecule has 2 amide bonds. The van der Waals surface area contributed by atoms with Gasteiger partial charge in [0.15, 0.2) is 6.10 Å². The number of benzene rings is 2. The molecule has 142 valence electrons. The van der Waals surface area contributed by atoms with Crippen molar-refractivity contribution < 1.29 is 18.7 Å². The maximum Gasteiger partial charge on any atom is 0.263 e. The van der Waals surface area contributed by atoms with Gasteiger partial charge in [0.25, 0.3) is 11.8 Å². The Balaban J connectivity index is 1.55. The van der Waals surface area contributed by atoms with Crippen molar-refractivity contribution in [3.63, 3.8) is 0 Å². The van der Waals surface area contributed by atoms with Crippen molar-refractivity contribution in [2.75, 3.05) is 11.4 Å². The lowest BCUT2D eigenvalue weighted by Crippen LogP contribution is -2.50. The maximum absolute atomic E-state index is 13.1. The van der Waals surface area contributed by atoms with E-state index in [0.717, 1.165) is 5.56 Å². The summed E-state index contributed by atoms with van der Waals surface area (Å²) in [6.07, 6.45) is 0.689. The molecule has 6 heteroatoms. The highest BCUT2D eigenvalue weighted by molar-refractivity contribution is 6.08. The van der Waals surface area contributed by atoms with Crippen molar-refractivity contribution in [3.8, 4) is 5.75 Å². The molecule has 1 unspecified atom stereocenters. The Kier molecular flexibility index (Phi) is 4.85. The number of rotatable bonds is 4. The second-order valence-corrected chi connectivity index (χ2v) is 6.58. The number of anilines is 1. The topological polar surface area (TPSA) is 71.8 Å². The van der Waals surface area contributed by atoms with E-state index >= 15 is 0 Å². The molecule has 2 aromatic carbocycles. The van der Waals surface area contributed by atoms with E-state index in [4.69, 9.17) is 9.15 Å². The molecular weight excluding hydrogens is 356 g/mol. The van der Waals surface area contributed by atoms with Crippen LogP contribution in [0.1, 0.15) is 21.7 Å². The maximum atomic E-state index is 13.1. The number of aryl methyl sites for hydroxylation is 1. The summed E-state index contributed by atoms with van der Waals surface area (Å²) in [5, 5.41) is 2.88. The van der Waals surface area contributed by atoms with Crippen LogP contribution in [0.3, 0.4) is 0 Å². The van der Waals surface area contributed by atoms with Crippen LogP contribution in [-0.2, 0) is 11.3 Å². The quantitative estimate of drug-likeness (QED) is 0.758. The van der Waals surface area contributed by atoms with Crippen molar-refractivity contribution in [1.29, 1.82) is 0 Å². The lowest BCUT2D eigenvalue weighted by Gasteiger charge is -2.34. The molecule has 0 bridgehead atoms. The van der Waals surface area contributed by atoms with E-state index in [1.54, 1.807) is 30.0 Å². The molecule has 0 fully saturated rings. The number of para-hydroxylation sites is 2. The van der Waals surface area contributed by atoms with Gasteiger partial charge in [-0.1, -0.05) is 42.5 Å². The molecule has 0 saturated carbocycles. The van der Waals surface area contributed by atoms with Crippen molar-refractivity contribution in [1.82, 2.24) is 5.32 Å². The highest BCUT2D eigenvalue weighted by Crippen LogP contribution is 2.34. The molecule has 1 aromatic heterocycles. The SMILES string of the molecule is Cc1occc1C(=O)N1CC(C(=O)NCc2ccccc2)Oc2ccccc21. The lowest BCUT2D eigenvalue weighted by molar-refractivity contribution is -0.127. The Hall–Kier alpha value is -3.54. The summed E-state index contributed by atoms with van der Waals surface area (Å²) >= 11 is 0. The molecule has 0 radical (unpaired) electrons. The highest BCUT2D eigenvalue weighted by Gasteiger charge is 2.34. The van der Waals surface area contributed by atoms with Gasteiger partial charge < -0.3 is 19.4 Å². The normalized spacial score (nSPS) is 15.5. The number of hydrogen-bond acceptors (Lipinski definition) is 4. The minimum atomic E-state index is -0.797.